The quantitative estimate of drug-likeness (QED) is 0.660. The lowest BCUT2D eigenvalue weighted by Gasteiger charge is -2.27. The van der Waals surface area contributed by atoms with Crippen LogP contribution in [0.1, 0.15) is 60.3 Å². The highest BCUT2D eigenvalue weighted by Gasteiger charge is 2.44. The SMILES string of the molecule is CCC(=O)C1=C(O)C(CCSC)N(C(=O)CC(C)CC(C)(C)C)C1=O. The van der Waals surface area contributed by atoms with E-state index in [-0.39, 0.29) is 41.4 Å². The van der Waals surface area contributed by atoms with Gasteiger partial charge in [0.1, 0.15) is 11.3 Å². The second kappa shape index (κ2) is 8.88. The van der Waals surface area contributed by atoms with Gasteiger partial charge in [0.05, 0.1) is 6.04 Å². The molecule has 6 heteroatoms. The van der Waals surface area contributed by atoms with E-state index in [1.165, 1.54) is 0 Å². The van der Waals surface area contributed by atoms with Crippen molar-refractivity contribution in [1.82, 2.24) is 4.90 Å². The zero-order chi connectivity index (χ0) is 19.4. The van der Waals surface area contributed by atoms with Crippen molar-refractivity contribution in [2.45, 2.75) is 66.3 Å². The van der Waals surface area contributed by atoms with Gasteiger partial charge < -0.3 is 5.11 Å². The number of imide groups is 1. The Morgan fingerprint density at radius 3 is 2.40 bits per heavy atom. The highest BCUT2D eigenvalue weighted by molar-refractivity contribution is 7.98. The Hall–Kier alpha value is -1.30. The summed E-state index contributed by atoms with van der Waals surface area (Å²) in [7, 11) is 0. The van der Waals surface area contributed by atoms with E-state index >= 15 is 0 Å². The average molecular weight is 370 g/mol. The largest absolute Gasteiger partial charge is 0.509 e. The summed E-state index contributed by atoms with van der Waals surface area (Å²) in [5, 5.41) is 10.4. The Kier molecular flexibility index (Phi) is 7.72. The van der Waals surface area contributed by atoms with Gasteiger partial charge >= 0.3 is 0 Å². The lowest BCUT2D eigenvalue weighted by molar-refractivity contribution is -0.144. The Morgan fingerprint density at radius 1 is 1.32 bits per heavy atom. The van der Waals surface area contributed by atoms with Crippen molar-refractivity contribution in [2.75, 3.05) is 12.0 Å². The summed E-state index contributed by atoms with van der Waals surface area (Å²) in [6.45, 7) is 9.97. The van der Waals surface area contributed by atoms with Crippen molar-refractivity contribution in [3.63, 3.8) is 0 Å². The van der Waals surface area contributed by atoms with Gasteiger partial charge in [-0.25, -0.2) is 0 Å². The fraction of sp³-hybridized carbons (Fsp3) is 0.737. The Bertz CT molecular complexity index is 562. The lowest BCUT2D eigenvalue weighted by Crippen LogP contribution is -2.42. The molecule has 2 atom stereocenters. The predicted molar refractivity (Wildman–Crippen MR) is 101 cm³/mol. The van der Waals surface area contributed by atoms with Gasteiger partial charge in [-0.2, -0.15) is 11.8 Å². The lowest BCUT2D eigenvalue weighted by atomic mass is 9.84. The summed E-state index contributed by atoms with van der Waals surface area (Å²) in [6.07, 6.45) is 3.60. The number of thioether (sulfide) groups is 1. The number of carbonyl (C=O) groups is 3. The molecule has 0 fully saturated rings. The van der Waals surface area contributed by atoms with E-state index in [2.05, 4.69) is 20.8 Å². The molecule has 0 saturated heterocycles. The van der Waals surface area contributed by atoms with E-state index in [0.717, 1.165) is 11.3 Å². The molecule has 0 spiro atoms. The van der Waals surface area contributed by atoms with Crippen LogP contribution in [0.25, 0.3) is 0 Å². The summed E-state index contributed by atoms with van der Waals surface area (Å²) in [5.74, 6) is -0.773. The maximum Gasteiger partial charge on any atom is 0.268 e. The summed E-state index contributed by atoms with van der Waals surface area (Å²) < 4.78 is 0. The summed E-state index contributed by atoms with van der Waals surface area (Å²) in [5.41, 5.74) is -0.109. The Balaban J connectivity index is 3.01. The van der Waals surface area contributed by atoms with Crippen LogP contribution in [0.2, 0.25) is 0 Å². The van der Waals surface area contributed by atoms with Gasteiger partial charge in [0, 0.05) is 12.8 Å². The van der Waals surface area contributed by atoms with E-state index in [9.17, 15) is 19.5 Å². The zero-order valence-corrected chi connectivity index (χ0v) is 17.0. The predicted octanol–water partition coefficient (Wildman–Crippen LogP) is 3.73. The number of nitrogens with zero attached hydrogens (tertiary/aromatic N) is 1. The highest BCUT2D eigenvalue weighted by Crippen LogP contribution is 2.32. The van der Waals surface area contributed by atoms with Gasteiger partial charge in [0.15, 0.2) is 5.78 Å². The molecule has 0 aromatic carbocycles. The molecule has 25 heavy (non-hydrogen) atoms. The van der Waals surface area contributed by atoms with Crippen molar-refractivity contribution < 1.29 is 19.5 Å². The van der Waals surface area contributed by atoms with Crippen LogP contribution in [0, 0.1) is 11.3 Å². The van der Waals surface area contributed by atoms with E-state index in [1.807, 2.05) is 13.2 Å². The molecule has 0 bridgehead atoms. The first-order valence-electron chi connectivity index (χ1n) is 8.85. The topological polar surface area (TPSA) is 74.7 Å². The van der Waals surface area contributed by atoms with Crippen molar-refractivity contribution in [3.05, 3.63) is 11.3 Å². The minimum atomic E-state index is -0.709. The van der Waals surface area contributed by atoms with Gasteiger partial charge in [0.2, 0.25) is 5.91 Å². The number of aliphatic hydroxyl groups excluding tert-OH is 1. The molecule has 1 N–H and O–H groups in total. The van der Waals surface area contributed by atoms with Gasteiger partial charge in [-0.15, -0.1) is 0 Å². The van der Waals surface area contributed by atoms with Crippen LogP contribution in [-0.4, -0.2) is 45.7 Å². The molecule has 0 aromatic rings. The summed E-state index contributed by atoms with van der Waals surface area (Å²) in [4.78, 5) is 38.6. The standard InChI is InChI=1S/C19H31NO4S/c1-7-14(21)16-17(23)13(8-9-25-6)20(18(16)24)15(22)10-12(2)11-19(3,4)5/h12-13,23H,7-11H2,1-6H3. The number of ketones is 1. The normalized spacial score (nSPS) is 19.5. The maximum absolute atomic E-state index is 12.8. The summed E-state index contributed by atoms with van der Waals surface area (Å²) in [6, 6.07) is -0.709. The molecule has 1 aliphatic rings. The van der Waals surface area contributed by atoms with Crippen LogP contribution in [0.3, 0.4) is 0 Å². The van der Waals surface area contributed by atoms with Crippen LogP contribution in [0.15, 0.2) is 11.3 Å². The Labute approximate surface area is 155 Å². The van der Waals surface area contributed by atoms with E-state index in [1.54, 1.807) is 18.7 Å². The minimum absolute atomic E-state index is 0.0939. The highest BCUT2D eigenvalue weighted by atomic mass is 32.2. The van der Waals surface area contributed by atoms with Crippen LogP contribution in [0.5, 0.6) is 0 Å². The van der Waals surface area contributed by atoms with Gasteiger partial charge in [0.25, 0.3) is 5.91 Å². The molecule has 0 radical (unpaired) electrons. The van der Waals surface area contributed by atoms with Gasteiger partial charge in [-0.1, -0.05) is 34.6 Å². The first-order valence-corrected chi connectivity index (χ1v) is 10.2. The second-order valence-corrected chi connectivity index (χ2v) is 8.96. The van der Waals surface area contributed by atoms with Gasteiger partial charge in [-0.05, 0) is 36.2 Å². The first kappa shape index (κ1) is 21.7. The fourth-order valence-electron chi connectivity index (χ4n) is 3.40. The van der Waals surface area contributed by atoms with Crippen molar-refractivity contribution in [2.24, 2.45) is 11.3 Å². The average Bonchev–Trinajstić information content (AvgIpc) is 2.72. The molecular formula is C19H31NO4S. The molecular weight excluding hydrogens is 338 g/mol. The number of hydrogen-bond acceptors (Lipinski definition) is 5. The second-order valence-electron chi connectivity index (χ2n) is 7.98. The van der Waals surface area contributed by atoms with Crippen molar-refractivity contribution in [1.29, 1.82) is 0 Å². The molecule has 1 heterocycles. The van der Waals surface area contributed by atoms with Crippen molar-refractivity contribution >= 4 is 29.4 Å². The third-order valence-corrected chi connectivity index (χ3v) is 4.91. The van der Waals surface area contributed by atoms with Crippen LogP contribution < -0.4 is 0 Å². The third-order valence-electron chi connectivity index (χ3n) is 4.26. The first-order chi connectivity index (χ1) is 11.5. The number of rotatable bonds is 8. The van der Waals surface area contributed by atoms with Crippen LogP contribution >= 0.6 is 11.8 Å². The van der Waals surface area contributed by atoms with E-state index in [4.69, 9.17) is 0 Å². The maximum atomic E-state index is 12.8. The smallest absolute Gasteiger partial charge is 0.268 e. The van der Waals surface area contributed by atoms with Crippen molar-refractivity contribution in [3.8, 4) is 0 Å². The summed E-state index contributed by atoms with van der Waals surface area (Å²) >= 11 is 1.57. The molecule has 1 aliphatic heterocycles. The minimum Gasteiger partial charge on any atom is -0.509 e. The molecule has 0 aliphatic carbocycles. The molecule has 0 saturated carbocycles. The van der Waals surface area contributed by atoms with Crippen LogP contribution in [-0.2, 0) is 14.4 Å². The number of carbonyl (C=O) groups excluding carboxylic acids is 3. The van der Waals surface area contributed by atoms with Gasteiger partial charge in [-0.3, -0.25) is 19.3 Å². The van der Waals surface area contributed by atoms with E-state index in [0.29, 0.717) is 12.2 Å². The molecule has 5 nitrogen and oxygen atoms in total. The number of hydrogen-bond donors (Lipinski definition) is 1. The van der Waals surface area contributed by atoms with Crippen LogP contribution in [0.4, 0.5) is 0 Å². The number of aliphatic hydroxyl groups is 1. The molecule has 2 amide bonds. The third kappa shape index (κ3) is 5.59. The number of amides is 2. The zero-order valence-electron chi connectivity index (χ0n) is 16.2. The van der Waals surface area contributed by atoms with E-state index < -0.39 is 17.7 Å². The number of Topliss-reactive ketones (excluding diaryl/α,β-unsaturated/α-hetero) is 1. The molecule has 0 aromatic heterocycles. The molecule has 142 valence electrons. The monoisotopic (exact) mass is 369 g/mol. The molecule has 1 rings (SSSR count). The Morgan fingerprint density at radius 2 is 1.92 bits per heavy atom. The molecule has 2 unspecified atom stereocenters. The fourth-order valence-corrected chi connectivity index (χ4v) is 3.85.